The normalized spacial score (nSPS) is 12.9. The van der Waals surface area contributed by atoms with Crippen LogP contribution >= 0.6 is 11.3 Å². The molecule has 1 aromatic carbocycles. The molecular weight excluding hydrogens is 294 g/mol. The van der Waals surface area contributed by atoms with Crippen molar-refractivity contribution < 1.29 is 9.90 Å². The molecule has 2 N–H and O–H groups in total. The summed E-state index contributed by atoms with van der Waals surface area (Å²) in [5.74, 6) is -0.0418. The van der Waals surface area contributed by atoms with Crippen molar-refractivity contribution in [2.45, 2.75) is 38.7 Å². The van der Waals surface area contributed by atoms with Crippen molar-refractivity contribution in [3.05, 3.63) is 57.8 Å². The molecule has 22 heavy (non-hydrogen) atoms. The first kappa shape index (κ1) is 16.7. The summed E-state index contributed by atoms with van der Waals surface area (Å²) in [7, 11) is 0. The molecule has 0 saturated carbocycles. The molecule has 2 aromatic rings. The van der Waals surface area contributed by atoms with Crippen LogP contribution in [0.3, 0.4) is 0 Å². The fraction of sp³-hybridized carbons (Fsp3) is 0.389. The van der Waals surface area contributed by atoms with Gasteiger partial charge in [0.1, 0.15) is 0 Å². The van der Waals surface area contributed by atoms with E-state index in [0.29, 0.717) is 6.42 Å². The molecule has 3 nitrogen and oxygen atoms in total. The summed E-state index contributed by atoms with van der Waals surface area (Å²) in [5.41, 5.74) is 2.98. The highest BCUT2D eigenvalue weighted by atomic mass is 32.1. The molecule has 0 radical (unpaired) electrons. The second-order valence-corrected chi connectivity index (χ2v) is 7.08. The van der Waals surface area contributed by atoms with Crippen LogP contribution in [0.25, 0.3) is 0 Å². The summed E-state index contributed by atoms with van der Waals surface area (Å²) in [4.78, 5) is 12.2. The van der Waals surface area contributed by atoms with E-state index < -0.39 is 6.10 Å². The van der Waals surface area contributed by atoms with Crippen molar-refractivity contribution in [1.29, 1.82) is 0 Å². The Morgan fingerprint density at radius 1 is 1.27 bits per heavy atom. The van der Waals surface area contributed by atoms with Gasteiger partial charge < -0.3 is 10.4 Å². The number of carbonyl (C=O) groups excluding carboxylic acids is 1. The Bertz CT molecular complexity index is 603. The average Bonchev–Trinajstić information content (AvgIpc) is 2.99. The van der Waals surface area contributed by atoms with Gasteiger partial charge in [-0.05, 0) is 40.3 Å². The third kappa shape index (κ3) is 4.42. The number of carbonyl (C=O) groups is 1. The summed E-state index contributed by atoms with van der Waals surface area (Å²) in [6, 6.07) is 10.1. The molecule has 1 amide bonds. The first-order chi connectivity index (χ1) is 10.4. The molecule has 1 heterocycles. The SMILES string of the molecule is Cc1ccc(C(C)(C)CC(=O)NCC(O)c2ccsc2)cc1. The van der Waals surface area contributed by atoms with Gasteiger partial charge in [-0.1, -0.05) is 43.7 Å². The van der Waals surface area contributed by atoms with Crippen LogP contribution < -0.4 is 5.32 Å². The number of aryl methyl sites for hydroxylation is 1. The molecule has 0 aliphatic rings. The highest BCUT2D eigenvalue weighted by Crippen LogP contribution is 2.27. The molecular formula is C18H23NO2S. The molecule has 0 bridgehead atoms. The van der Waals surface area contributed by atoms with E-state index in [1.54, 1.807) is 0 Å². The van der Waals surface area contributed by atoms with Crippen LogP contribution in [0, 0.1) is 6.92 Å². The maximum Gasteiger partial charge on any atom is 0.220 e. The molecule has 4 heteroatoms. The third-order valence-corrected chi connectivity index (χ3v) is 4.56. The predicted octanol–water partition coefficient (Wildman–Crippen LogP) is 3.57. The number of aliphatic hydroxyl groups excluding tert-OH is 1. The maximum absolute atomic E-state index is 12.2. The van der Waals surface area contributed by atoms with Crippen molar-refractivity contribution in [3.8, 4) is 0 Å². The highest BCUT2D eigenvalue weighted by Gasteiger charge is 2.24. The zero-order valence-electron chi connectivity index (χ0n) is 13.3. The predicted molar refractivity (Wildman–Crippen MR) is 91.1 cm³/mol. The summed E-state index contributed by atoms with van der Waals surface area (Å²) in [6.45, 7) is 6.42. The number of aliphatic hydroxyl groups is 1. The Balaban J connectivity index is 1.89. The topological polar surface area (TPSA) is 49.3 Å². The van der Waals surface area contributed by atoms with Gasteiger partial charge in [0.15, 0.2) is 0 Å². The lowest BCUT2D eigenvalue weighted by molar-refractivity contribution is -0.122. The number of rotatable bonds is 6. The molecule has 118 valence electrons. The van der Waals surface area contributed by atoms with Crippen LogP contribution in [0.5, 0.6) is 0 Å². The van der Waals surface area contributed by atoms with E-state index in [-0.39, 0.29) is 17.9 Å². The van der Waals surface area contributed by atoms with Gasteiger partial charge in [-0.25, -0.2) is 0 Å². The van der Waals surface area contributed by atoms with Crippen LogP contribution in [0.15, 0.2) is 41.1 Å². The molecule has 0 saturated heterocycles. The zero-order valence-corrected chi connectivity index (χ0v) is 14.1. The lowest BCUT2D eigenvalue weighted by Crippen LogP contribution is -2.33. The lowest BCUT2D eigenvalue weighted by Gasteiger charge is -2.25. The molecule has 0 aliphatic heterocycles. The minimum atomic E-state index is -0.641. The van der Waals surface area contributed by atoms with E-state index in [2.05, 4.69) is 50.4 Å². The number of benzene rings is 1. The van der Waals surface area contributed by atoms with E-state index in [4.69, 9.17) is 0 Å². The Kier molecular flexibility index (Phi) is 5.37. The quantitative estimate of drug-likeness (QED) is 0.855. The van der Waals surface area contributed by atoms with Crippen LogP contribution in [0.1, 0.15) is 43.1 Å². The number of nitrogens with one attached hydrogen (secondary N) is 1. The minimum Gasteiger partial charge on any atom is -0.387 e. The summed E-state index contributed by atoms with van der Waals surface area (Å²) < 4.78 is 0. The first-order valence-corrected chi connectivity index (χ1v) is 8.37. The molecule has 2 rings (SSSR count). The van der Waals surface area contributed by atoms with Crippen molar-refractivity contribution in [3.63, 3.8) is 0 Å². The monoisotopic (exact) mass is 317 g/mol. The van der Waals surface area contributed by atoms with Gasteiger partial charge in [0.25, 0.3) is 0 Å². The van der Waals surface area contributed by atoms with Gasteiger partial charge in [-0.3, -0.25) is 4.79 Å². The molecule has 0 fully saturated rings. The van der Waals surface area contributed by atoms with Crippen molar-refractivity contribution in [2.75, 3.05) is 6.54 Å². The van der Waals surface area contributed by atoms with Gasteiger partial charge in [0.05, 0.1) is 6.10 Å². The van der Waals surface area contributed by atoms with Crippen molar-refractivity contribution >= 4 is 17.2 Å². The van der Waals surface area contributed by atoms with E-state index in [1.165, 1.54) is 16.9 Å². The van der Waals surface area contributed by atoms with Crippen LogP contribution in [0.4, 0.5) is 0 Å². The van der Waals surface area contributed by atoms with Gasteiger partial charge in [-0.2, -0.15) is 11.3 Å². The summed E-state index contributed by atoms with van der Waals surface area (Å²) in [5, 5.41) is 16.6. The van der Waals surface area contributed by atoms with Crippen molar-refractivity contribution in [2.24, 2.45) is 0 Å². The Morgan fingerprint density at radius 3 is 2.55 bits per heavy atom. The lowest BCUT2D eigenvalue weighted by atomic mass is 9.81. The standard InChI is InChI=1S/C18H23NO2S/c1-13-4-6-15(7-5-13)18(2,3)10-17(21)19-11-16(20)14-8-9-22-12-14/h4-9,12,16,20H,10-11H2,1-3H3,(H,19,21). The molecule has 1 aromatic heterocycles. The summed E-state index contributed by atoms with van der Waals surface area (Å²) >= 11 is 1.54. The summed E-state index contributed by atoms with van der Waals surface area (Å²) in [6.07, 6.45) is -0.246. The molecule has 1 unspecified atom stereocenters. The van der Waals surface area contributed by atoms with Gasteiger partial charge in [-0.15, -0.1) is 0 Å². The minimum absolute atomic E-state index is 0.0418. The largest absolute Gasteiger partial charge is 0.387 e. The number of hydrogen-bond donors (Lipinski definition) is 2. The van der Waals surface area contributed by atoms with E-state index in [9.17, 15) is 9.90 Å². The maximum atomic E-state index is 12.2. The number of hydrogen-bond acceptors (Lipinski definition) is 3. The Hall–Kier alpha value is -1.65. The fourth-order valence-electron chi connectivity index (χ4n) is 2.36. The van der Waals surface area contributed by atoms with Crippen LogP contribution in [0.2, 0.25) is 0 Å². The molecule has 0 spiro atoms. The van der Waals surface area contributed by atoms with Gasteiger partial charge in [0.2, 0.25) is 5.91 Å². The first-order valence-electron chi connectivity index (χ1n) is 7.42. The Labute approximate surface area is 136 Å². The number of amides is 1. The average molecular weight is 317 g/mol. The second-order valence-electron chi connectivity index (χ2n) is 6.30. The van der Waals surface area contributed by atoms with E-state index in [0.717, 1.165) is 11.1 Å². The highest BCUT2D eigenvalue weighted by molar-refractivity contribution is 7.07. The second kappa shape index (κ2) is 7.07. The Morgan fingerprint density at radius 2 is 1.95 bits per heavy atom. The third-order valence-electron chi connectivity index (χ3n) is 3.86. The van der Waals surface area contributed by atoms with Crippen LogP contribution in [-0.4, -0.2) is 17.6 Å². The van der Waals surface area contributed by atoms with Gasteiger partial charge >= 0.3 is 0 Å². The van der Waals surface area contributed by atoms with Crippen LogP contribution in [-0.2, 0) is 10.2 Å². The molecule has 0 aliphatic carbocycles. The fourth-order valence-corrected chi connectivity index (χ4v) is 3.07. The zero-order chi connectivity index (χ0) is 16.2. The van der Waals surface area contributed by atoms with Gasteiger partial charge in [0, 0.05) is 13.0 Å². The van der Waals surface area contributed by atoms with Crippen molar-refractivity contribution in [1.82, 2.24) is 5.32 Å². The molecule has 1 atom stereocenters. The smallest absolute Gasteiger partial charge is 0.220 e. The van der Waals surface area contributed by atoms with E-state index >= 15 is 0 Å². The van der Waals surface area contributed by atoms with E-state index in [1.807, 2.05) is 16.8 Å². The number of thiophene rings is 1.